The number of sulfonamides is 1. The first kappa shape index (κ1) is 26.7. The standard InChI is InChI=1S/C26H36N2O4S2/c1-18(2)27(19(3)4)17-20-7-9-21(10-8-20)22-11-13-23(14-12-22)34(31,32)28-15-16-33-26(5,6)24(28)25(29)30/h7-14,18-19,24H,15-17H2,1-6H3,(H,29,30)/t24-/m0/s1. The molecule has 1 aliphatic heterocycles. The van der Waals surface area contributed by atoms with Crippen LogP contribution >= 0.6 is 11.8 Å². The second-order valence-electron chi connectivity index (χ2n) is 9.89. The van der Waals surface area contributed by atoms with E-state index in [0.29, 0.717) is 17.8 Å². The average molecular weight is 505 g/mol. The predicted octanol–water partition coefficient (Wildman–Crippen LogP) is 4.94. The molecule has 8 heteroatoms. The maximum Gasteiger partial charge on any atom is 0.323 e. The number of nitrogens with zero attached hydrogens (tertiary/aromatic N) is 2. The Morgan fingerprint density at radius 1 is 1.03 bits per heavy atom. The Balaban J connectivity index is 1.81. The van der Waals surface area contributed by atoms with Gasteiger partial charge < -0.3 is 5.11 Å². The lowest BCUT2D eigenvalue weighted by molar-refractivity contribution is -0.142. The van der Waals surface area contributed by atoms with Crippen LogP contribution < -0.4 is 0 Å². The van der Waals surface area contributed by atoms with Crippen molar-refractivity contribution in [1.82, 2.24) is 9.21 Å². The molecule has 0 radical (unpaired) electrons. The van der Waals surface area contributed by atoms with Gasteiger partial charge in [-0.05, 0) is 70.4 Å². The van der Waals surface area contributed by atoms with Crippen LogP contribution in [0.15, 0.2) is 53.4 Å². The van der Waals surface area contributed by atoms with E-state index in [4.69, 9.17) is 0 Å². The number of carboxylic acid groups (broad SMARTS) is 1. The van der Waals surface area contributed by atoms with Gasteiger partial charge in [-0.15, -0.1) is 0 Å². The number of rotatable bonds is 8. The Kier molecular flexibility index (Phi) is 8.18. The normalized spacial score (nSPS) is 19.1. The van der Waals surface area contributed by atoms with E-state index in [2.05, 4.69) is 56.9 Å². The van der Waals surface area contributed by atoms with Crippen LogP contribution in [0.2, 0.25) is 0 Å². The van der Waals surface area contributed by atoms with Crippen molar-refractivity contribution in [2.75, 3.05) is 12.3 Å². The monoisotopic (exact) mass is 504 g/mol. The molecule has 0 aromatic heterocycles. The molecular weight excluding hydrogens is 468 g/mol. The van der Waals surface area contributed by atoms with Gasteiger partial charge in [0.05, 0.1) is 4.90 Å². The summed E-state index contributed by atoms with van der Waals surface area (Å²) in [4.78, 5) is 14.5. The van der Waals surface area contributed by atoms with Gasteiger partial charge >= 0.3 is 5.97 Å². The van der Waals surface area contributed by atoms with E-state index < -0.39 is 26.8 Å². The summed E-state index contributed by atoms with van der Waals surface area (Å²) < 4.78 is 27.1. The third-order valence-corrected chi connectivity index (χ3v) is 9.64. The fraction of sp³-hybridized carbons (Fsp3) is 0.500. The molecule has 0 aliphatic carbocycles. The lowest BCUT2D eigenvalue weighted by Gasteiger charge is -2.42. The molecule has 3 rings (SSSR count). The van der Waals surface area contributed by atoms with Crippen molar-refractivity contribution in [2.45, 2.75) is 75.9 Å². The summed E-state index contributed by atoms with van der Waals surface area (Å²) in [7, 11) is -3.93. The highest BCUT2D eigenvalue weighted by Crippen LogP contribution is 2.38. The van der Waals surface area contributed by atoms with E-state index in [1.165, 1.54) is 17.3 Å². The van der Waals surface area contributed by atoms with Crippen molar-refractivity contribution in [1.29, 1.82) is 0 Å². The van der Waals surface area contributed by atoms with Gasteiger partial charge in [0.15, 0.2) is 0 Å². The van der Waals surface area contributed by atoms with Crippen molar-refractivity contribution < 1.29 is 18.3 Å². The summed E-state index contributed by atoms with van der Waals surface area (Å²) in [6.07, 6.45) is 0. The molecule has 2 aromatic rings. The van der Waals surface area contributed by atoms with E-state index in [9.17, 15) is 18.3 Å². The fourth-order valence-electron chi connectivity index (χ4n) is 4.56. The summed E-state index contributed by atoms with van der Waals surface area (Å²) >= 11 is 1.49. The largest absolute Gasteiger partial charge is 0.480 e. The Morgan fingerprint density at radius 3 is 2.00 bits per heavy atom. The molecule has 0 unspecified atom stereocenters. The molecule has 1 aliphatic rings. The summed E-state index contributed by atoms with van der Waals surface area (Å²) in [5, 5.41) is 9.76. The highest BCUT2D eigenvalue weighted by atomic mass is 32.2. The van der Waals surface area contributed by atoms with Crippen LogP contribution in [0.25, 0.3) is 11.1 Å². The molecular formula is C26H36N2O4S2. The third kappa shape index (κ3) is 5.67. The number of thioether (sulfide) groups is 1. The minimum absolute atomic E-state index is 0.117. The first-order chi connectivity index (χ1) is 15.8. The number of benzene rings is 2. The van der Waals surface area contributed by atoms with Crippen LogP contribution in [-0.2, 0) is 21.4 Å². The zero-order chi connectivity index (χ0) is 25.3. The smallest absolute Gasteiger partial charge is 0.323 e. The summed E-state index contributed by atoms with van der Waals surface area (Å²) in [5.74, 6) is -0.558. The molecule has 0 amide bonds. The molecule has 1 heterocycles. The van der Waals surface area contributed by atoms with Crippen molar-refractivity contribution in [3.05, 3.63) is 54.1 Å². The minimum Gasteiger partial charge on any atom is -0.480 e. The number of carbonyl (C=O) groups is 1. The molecule has 186 valence electrons. The van der Waals surface area contributed by atoms with Gasteiger partial charge in [-0.3, -0.25) is 9.69 Å². The number of aliphatic carboxylic acids is 1. The average Bonchev–Trinajstić information content (AvgIpc) is 2.76. The molecule has 0 bridgehead atoms. The molecule has 34 heavy (non-hydrogen) atoms. The van der Waals surface area contributed by atoms with Crippen LogP contribution in [-0.4, -0.2) is 63.9 Å². The topological polar surface area (TPSA) is 77.9 Å². The first-order valence-corrected chi connectivity index (χ1v) is 14.1. The highest BCUT2D eigenvalue weighted by Gasteiger charge is 2.48. The van der Waals surface area contributed by atoms with E-state index in [1.54, 1.807) is 38.1 Å². The summed E-state index contributed by atoms with van der Waals surface area (Å²) in [6, 6.07) is 14.9. The van der Waals surface area contributed by atoms with Crippen LogP contribution in [0.5, 0.6) is 0 Å². The molecule has 0 saturated carbocycles. The van der Waals surface area contributed by atoms with E-state index in [1.807, 2.05) is 0 Å². The first-order valence-electron chi connectivity index (χ1n) is 11.7. The quantitative estimate of drug-likeness (QED) is 0.549. The molecule has 2 aromatic carbocycles. The Bertz CT molecular complexity index is 1090. The molecule has 0 spiro atoms. The second-order valence-corrected chi connectivity index (χ2v) is 13.5. The van der Waals surface area contributed by atoms with Crippen molar-refractivity contribution in [3.8, 4) is 11.1 Å². The zero-order valence-corrected chi connectivity index (χ0v) is 22.5. The summed E-state index contributed by atoms with van der Waals surface area (Å²) in [5.41, 5.74) is 3.15. The maximum absolute atomic E-state index is 13.3. The van der Waals surface area contributed by atoms with Crippen LogP contribution in [0, 0.1) is 0 Å². The van der Waals surface area contributed by atoms with Gasteiger partial charge in [0.25, 0.3) is 0 Å². The van der Waals surface area contributed by atoms with Gasteiger partial charge in [-0.2, -0.15) is 16.1 Å². The molecule has 1 N–H and O–H groups in total. The Hall–Kier alpha value is -1.87. The van der Waals surface area contributed by atoms with Gasteiger partial charge in [0.1, 0.15) is 6.04 Å². The second kappa shape index (κ2) is 10.4. The maximum atomic E-state index is 13.3. The molecule has 6 nitrogen and oxygen atoms in total. The fourth-order valence-corrected chi connectivity index (χ4v) is 7.66. The van der Waals surface area contributed by atoms with Crippen LogP contribution in [0.4, 0.5) is 0 Å². The van der Waals surface area contributed by atoms with Crippen LogP contribution in [0.1, 0.15) is 47.1 Å². The number of carboxylic acids is 1. The summed E-state index contributed by atoms with van der Waals surface area (Å²) in [6.45, 7) is 13.4. The van der Waals surface area contributed by atoms with E-state index in [-0.39, 0.29) is 11.4 Å². The SMILES string of the molecule is CC(C)N(Cc1ccc(-c2ccc(S(=O)(=O)N3CCSC(C)(C)[C@@H]3C(=O)O)cc2)cc1)C(C)C. The lowest BCUT2D eigenvalue weighted by atomic mass is 10.0. The van der Waals surface area contributed by atoms with Gasteiger partial charge in [0.2, 0.25) is 10.0 Å². The molecule has 1 atom stereocenters. The number of hydrogen-bond acceptors (Lipinski definition) is 5. The lowest BCUT2D eigenvalue weighted by Crippen LogP contribution is -2.58. The zero-order valence-electron chi connectivity index (χ0n) is 20.9. The third-order valence-electron chi connectivity index (χ3n) is 6.41. The van der Waals surface area contributed by atoms with Gasteiger partial charge in [-0.1, -0.05) is 36.4 Å². The Morgan fingerprint density at radius 2 is 1.53 bits per heavy atom. The van der Waals surface area contributed by atoms with E-state index >= 15 is 0 Å². The van der Waals surface area contributed by atoms with Crippen LogP contribution in [0.3, 0.4) is 0 Å². The van der Waals surface area contributed by atoms with E-state index in [0.717, 1.165) is 22.0 Å². The molecule has 1 saturated heterocycles. The van der Waals surface area contributed by atoms with Crippen molar-refractivity contribution >= 4 is 27.8 Å². The van der Waals surface area contributed by atoms with Crippen molar-refractivity contribution in [3.63, 3.8) is 0 Å². The number of hydrogen-bond donors (Lipinski definition) is 1. The van der Waals surface area contributed by atoms with Gasteiger partial charge in [0, 0.05) is 35.7 Å². The van der Waals surface area contributed by atoms with Gasteiger partial charge in [-0.25, -0.2) is 8.42 Å². The predicted molar refractivity (Wildman–Crippen MR) is 140 cm³/mol. The van der Waals surface area contributed by atoms with Crippen molar-refractivity contribution in [2.24, 2.45) is 0 Å². The molecule has 1 fully saturated rings. The highest BCUT2D eigenvalue weighted by molar-refractivity contribution is 8.00. The minimum atomic E-state index is -3.93. The Labute approximate surface area is 208 Å².